The Bertz CT molecular complexity index is 532. The monoisotopic (exact) mass is 266 g/mol. The molecule has 0 saturated heterocycles. The third-order valence-electron chi connectivity index (χ3n) is 2.37. The predicted molar refractivity (Wildman–Crippen MR) is 70.7 cm³/mol. The highest BCUT2D eigenvalue weighted by atomic mass is 35.5. The smallest absolute Gasteiger partial charge is 0.206 e. The van der Waals surface area contributed by atoms with Crippen molar-refractivity contribution in [2.75, 3.05) is 0 Å². The lowest BCUT2D eigenvalue weighted by atomic mass is 9.95. The lowest BCUT2D eigenvalue weighted by Crippen LogP contribution is -2.19. The van der Waals surface area contributed by atoms with Gasteiger partial charge in [-0.1, -0.05) is 49.7 Å². The number of thioether (sulfide) groups is 1. The van der Waals surface area contributed by atoms with Crippen molar-refractivity contribution in [3.63, 3.8) is 0 Å². The van der Waals surface area contributed by atoms with Crippen molar-refractivity contribution in [2.24, 2.45) is 0 Å². The molecule has 0 spiro atoms. The number of Topliss-reactive ketones (excluding diaryl/α,β-unsaturated/α-hetero) is 2. The van der Waals surface area contributed by atoms with Crippen LogP contribution in [-0.2, 0) is 0 Å². The molecule has 0 radical (unpaired) electrons. The highest BCUT2D eigenvalue weighted by Crippen LogP contribution is 2.36. The number of allylic oxidation sites excluding steroid dienone is 2. The quantitative estimate of drug-likeness (QED) is 0.819. The molecule has 2 rings (SSSR count). The zero-order chi connectivity index (χ0) is 12.6. The van der Waals surface area contributed by atoms with Crippen molar-refractivity contribution in [1.29, 1.82) is 0 Å². The third kappa shape index (κ3) is 2.17. The molecule has 0 atom stereocenters. The molecule has 2 nitrogen and oxygen atoms in total. The molecule has 0 aromatic heterocycles. The molecule has 1 aromatic carbocycles. The molecule has 0 heterocycles. The summed E-state index contributed by atoms with van der Waals surface area (Å²) in [6.45, 7) is 3.92. The summed E-state index contributed by atoms with van der Waals surface area (Å²) >= 11 is 7.32. The summed E-state index contributed by atoms with van der Waals surface area (Å²) in [5.74, 6) is -0.408. The van der Waals surface area contributed by atoms with Gasteiger partial charge in [-0.25, -0.2) is 0 Å². The van der Waals surface area contributed by atoms with Crippen LogP contribution in [0.15, 0.2) is 34.2 Å². The van der Waals surface area contributed by atoms with Crippen molar-refractivity contribution in [3.05, 3.63) is 45.3 Å². The van der Waals surface area contributed by atoms with E-state index in [1.165, 1.54) is 11.8 Å². The minimum absolute atomic E-state index is 0.0485. The van der Waals surface area contributed by atoms with Crippen molar-refractivity contribution in [3.8, 4) is 0 Å². The van der Waals surface area contributed by atoms with E-state index in [0.29, 0.717) is 16.0 Å². The standard InChI is InChI=1S/C13H11ClO2S/c1-7(2)17-13-10(14)11(15)8-5-3-4-6-9(8)12(13)16/h3-7H,1-2H3. The van der Waals surface area contributed by atoms with Gasteiger partial charge >= 0.3 is 0 Å². The fourth-order valence-corrected chi connectivity index (χ4v) is 2.87. The van der Waals surface area contributed by atoms with E-state index >= 15 is 0 Å². The number of carbonyl (C=O) groups excluding carboxylic acids is 2. The first-order valence-corrected chi connectivity index (χ1v) is 6.53. The number of halogens is 1. The third-order valence-corrected chi connectivity index (χ3v) is 3.94. The van der Waals surface area contributed by atoms with Gasteiger partial charge in [-0.3, -0.25) is 9.59 Å². The maximum absolute atomic E-state index is 12.2. The summed E-state index contributed by atoms with van der Waals surface area (Å²) in [7, 11) is 0. The molecule has 88 valence electrons. The van der Waals surface area contributed by atoms with E-state index < -0.39 is 0 Å². The van der Waals surface area contributed by atoms with Gasteiger partial charge in [0.2, 0.25) is 11.6 Å². The molecule has 1 aliphatic carbocycles. The Morgan fingerprint density at radius 2 is 1.59 bits per heavy atom. The second-order valence-electron chi connectivity index (χ2n) is 4.01. The van der Waals surface area contributed by atoms with Gasteiger partial charge in [0, 0.05) is 16.4 Å². The number of hydrogen-bond donors (Lipinski definition) is 0. The Morgan fingerprint density at radius 3 is 2.12 bits per heavy atom. The van der Waals surface area contributed by atoms with Crippen LogP contribution in [-0.4, -0.2) is 16.8 Å². The Hall–Kier alpha value is -1.06. The summed E-state index contributed by atoms with van der Waals surface area (Å²) in [5, 5.41) is 0.258. The van der Waals surface area contributed by atoms with Crippen LogP contribution in [0.2, 0.25) is 0 Å². The van der Waals surface area contributed by atoms with Gasteiger partial charge in [0.25, 0.3) is 0 Å². The van der Waals surface area contributed by atoms with Crippen LogP contribution in [0.25, 0.3) is 0 Å². The first-order valence-electron chi connectivity index (χ1n) is 5.27. The molecule has 0 bridgehead atoms. The molecule has 0 amide bonds. The number of hydrogen-bond acceptors (Lipinski definition) is 3. The second kappa shape index (κ2) is 4.67. The zero-order valence-corrected chi connectivity index (χ0v) is 11.1. The van der Waals surface area contributed by atoms with Gasteiger partial charge in [-0.15, -0.1) is 11.8 Å². The maximum atomic E-state index is 12.2. The van der Waals surface area contributed by atoms with Crippen LogP contribution >= 0.6 is 23.4 Å². The number of rotatable bonds is 2. The van der Waals surface area contributed by atoms with E-state index in [4.69, 9.17) is 11.6 Å². The molecular formula is C13H11ClO2S. The van der Waals surface area contributed by atoms with Crippen molar-refractivity contribution in [1.82, 2.24) is 0 Å². The normalized spacial score (nSPS) is 15.5. The summed E-state index contributed by atoms with van der Waals surface area (Å²) in [5.41, 5.74) is 0.848. The van der Waals surface area contributed by atoms with E-state index in [1.807, 2.05) is 13.8 Å². The number of ketones is 2. The Kier molecular flexibility index (Phi) is 3.40. The summed E-state index contributed by atoms with van der Waals surface area (Å²) in [4.78, 5) is 24.6. The summed E-state index contributed by atoms with van der Waals surface area (Å²) in [6, 6.07) is 6.78. The van der Waals surface area contributed by atoms with Crippen LogP contribution in [0.1, 0.15) is 34.6 Å². The average molecular weight is 267 g/mol. The summed E-state index contributed by atoms with van der Waals surface area (Å²) < 4.78 is 0. The van der Waals surface area contributed by atoms with E-state index in [0.717, 1.165) is 0 Å². The molecule has 0 N–H and O–H groups in total. The first kappa shape index (κ1) is 12.4. The van der Waals surface area contributed by atoms with Gasteiger partial charge in [0.05, 0.1) is 4.91 Å². The van der Waals surface area contributed by atoms with Crippen LogP contribution in [0, 0.1) is 0 Å². The highest BCUT2D eigenvalue weighted by Gasteiger charge is 2.31. The largest absolute Gasteiger partial charge is 0.288 e. The lowest BCUT2D eigenvalue weighted by molar-refractivity contribution is 0.0987. The van der Waals surface area contributed by atoms with Gasteiger partial charge in [-0.05, 0) is 0 Å². The molecule has 0 fully saturated rings. The zero-order valence-electron chi connectivity index (χ0n) is 9.49. The topological polar surface area (TPSA) is 34.1 Å². The van der Waals surface area contributed by atoms with Gasteiger partial charge < -0.3 is 0 Å². The number of benzene rings is 1. The number of fused-ring (bicyclic) bond motifs is 1. The van der Waals surface area contributed by atoms with Crippen molar-refractivity contribution >= 4 is 34.9 Å². The van der Waals surface area contributed by atoms with Gasteiger partial charge in [-0.2, -0.15) is 0 Å². The Balaban J connectivity index is 2.54. The minimum Gasteiger partial charge on any atom is -0.288 e. The Labute approximate surface area is 109 Å². The van der Waals surface area contributed by atoms with Crippen LogP contribution in [0.5, 0.6) is 0 Å². The molecule has 1 aromatic rings. The minimum atomic E-state index is -0.259. The predicted octanol–water partition coefficient (Wildman–Crippen LogP) is 3.66. The van der Waals surface area contributed by atoms with Crippen LogP contribution in [0.3, 0.4) is 0 Å². The molecule has 1 aliphatic rings. The Morgan fingerprint density at radius 1 is 1.06 bits per heavy atom. The van der Waals surface area contributed by atoms with E-state index in [-0.39, 0.29) is 21.8 Å². The fourth-order valence-electron chi connectivity index (χ4n) is 1.66. The van der Waals surface area contributed by atoms with Crippen LogP contribution in [0.4, 0.5) is 0 Å². The van der Waals surface area contributed by atoms with Gasteiger partial charge in [0.15, 0.2) is 0 Å². The van der Waals surface area contributed by atoms with E-state index in [9.17, 15) is 9.59 Å². The second-order valence-corrected chi connectivity index (χ2v) is 5.98. The lowest BCUT2D eigenvalue weighted by Gasteiger charge is -2.18. The van der Waals surface area contributed by atoms with Crippen molar-refractivity contribution in [2.45, 2.75) is 19.1 Å². The van der Waals surface area contributed by atoms with E-state index in [1.54, 1.807) is 24.3 Å². The molecular weight excluding hydrogens is 256 g/mol. The first-order chi connectivity index (χ1) is 8.02. The molecule has 0 unspecified atom stereocenters. The molecule has 0 saturated carbocycles. The van der Waals surface area contributed by atoms with Crippen molar-refractivity contribution < 1.29 is 9.59 Å². The number of carbonyl (C=O) groups is 2. The highest BCUT2D eigenvalue weighted by molar-refractivity contribution is 8.04. The molecule has 4 heteroatoms. The van der Waals surface area contributed by atoms with Crippen LogP contribution < -0.4 is 0 Å². The summed E-state index contributed by atoms with van der Waals surface area (Å²) in [6.07, 6.45) is 0. The maximum Gasteiger partial charge on any atom is 0.206 e. The molecule has 0 aliphatic heterocycles. The SMILES string of the molecule is CC(C)SC1=C(Cl)C(=O)c2ccccc2C1=O. The van der Waals surface area contributed by atoms with E-state index in [2.05, 4.69) is 0 Å². The molecule has 17 heavy (non-hydrogen) atoms. The average Bonchev–Trinajstić information content (AvgIpc) is 2.31. The van der Waals surface area contributed by atoms with Gasteiger partial charge in [0.1, 0.15) is 5.03 Å². The fraction of sp³-hybridized carbons (Fsp3) is 0.231.